The van der Waals surface area contributed by atoms with E-state index in [4.69, 9.17) is 4.74 Å². The molecule has 0 heterocycles. The molecule has 0 aliphatic carbocycles. The number of esters is 1. The van der Waals surface area contributed by atoms with Gasteiger partial charge in [-0.15, -0.1) is 0 Å². The number of hydrogen-bond donors (Lipinski definition) is 3. The van der Waals surface area contributed by atoms with Crippen molar-refractivity contribution in [3.05, 3.63) is 12.2 Å². The van der Waals surface area contributed by atoms with Gasteiger partial charge in [0.2, 0.25) is 5.91 Å². The lowest BCUT2D eigenvalue weighted by molar-refractivity contribution is -0.151. The second-order valence-corrected chi connectivity index (χ2v) is 19.3. The van der Waals surface area contributed by atoms with Crippen molar-refractivity contribution in [3.63, 3.8) is 0 Å². The SMILES string of the molecule is CCCCCCCCC/C=C\CCCCCC(=O)OC(CCCCCCCCCCCCCCCCCC)CC(=O)NC(CO)C(O)CCCCCCCCCCCCCCC. The molecule has 0 fully saturated rings. The minimum absolute atomic E-state index is 0.0793. The van der Waals surface area contributed by atoms with Crippen LogP contribution in [0.5, 0.6) is 0 Å². The molecule has 1 amide bonds. The van der Waals surface area contributed by atoms with Gasteiger partial charge < -0.3 is 20.3 Å². The molecule has 0 saturated carbocycles. The lowest BCUT2D eigenvalue weighted by Gasteiger charge is -2.24. The second kappa shape index (κ2) is 50.6. The highest BCUT2D eigenvalue weighted by molar-refractivity contribution is 5.77. The van der Waals surface area contributed by atoms with Crippen molar-refractivity contribution in [1.82, 2.24) is 5.32 Å². The number of carbonyl (C=O) groups excluding carboxylic acids is 2. The minimum atomic E-state index is -0.784. The van der Waals surface area contributed by atoms with Crippen LogP contribution in [0.1, 0.15) is 310 Å². The van der Waals surface area contributed by atoms with Crippen LogP contribution in [0.2, 0.25) is 0 Å². The third kappa shape index (κ3) is 45.2. The Morgan fingerprint density at radius 1 is 0.452 bits per heavy atom. The van der Waals surface area contributed by atoms with Crippen LogP contribution in [-0.2, 0) is 14.3 Å². The maximum Gasteiger partial charge on any atom is 0.306 e. The molecule has 6 heteroatoms. The van der Waals surface area contributed by atoms with E-state index in [-0.39, 0.29) is 24.9 Å². The first-order valence-corrected chi connectivity index (χ1v) is 27.9. The van der Waals surface area contributed by atoms with Gasteiger partial charge in [-0.1, -0.05) is 258 Å². The van der Waals surface area contributed by atoms with Crippen molar-refractivity contribution in [3.8, 4) is 0 Å². The molecule has 0 aromatic carbocycles. The van der Waals surface area contributed by atoms with Crippen molar-refractivity contribution < 1.29 is 24.5 Å². The summed E-state index contributed by atoms with van der Waals surface area (Å²) in [6.07, 6.45) is 57.0. The van der Waals surface area contributed by atoms with Gasteiger partial charge in [0.05, 0.1) is 25.2 Å². The number of aliphatic hydroxyl groups excluding tert-OH is 2. The van der Waals surface area contributed by atoms with Gasteiger partial charge in [-0.05, 0) is 51.4 Å². The Kier molecular flexibility index (Phi) is 49.5. The van der Waals surface area contributed by atoms with Gasteiger partial charge in [-0.2, -0.15) is 0 Å². The Labute approximate surface area is 387 Å². The molecule has 3 atom stereocenters. The first kappa shape index (κ1) is 60.6. The second-order valence-electron chi connectivity index (χ2n) is 19.3. The number of ether oxygens (including phenoxy) is 1. The molecule has 0 saturated heterocycles. The highest BCUT2D eigenvalue weighted by atomic mass is 16.5. The van der Waals surface area contributed by atoms with Crippen LogP contribution >= 0.6 is 0 Å². The summed E-state index contributed by atoms with van der Waals surface area (Å²) in [5.74, 6) is -0.471. The normalized spacial score (nSPS) is 13.2. The molecule has 0 spiro atoms. The highest BCUT2D eigenvalue weighted by Crippen LogP contribution is 2.19. The van der Waals surface area contributed by atoms with E-state index < -0.39 is 18.2 Å². The van der Waals surface area contributed by atoms with Gasteiger partial charge in [0, 0.05) is 6.42 Å². The zero-order chi connectivity index (χ0) is 45.2. The molecule has 0 bridgehead atoms. The van der Waals surface area contributed by atoms with Crippen LogP contribution in [0.4, 0.5) is 0 Å². The molecule has 3 unspecified atom stereocenters. The molecule has 0 aromatic rings. The number of rotatable bonds is 51. The smallest absolute Gasteiger partial charge is 0.306 e. The zero-order valence-corrected chi connectivity index (χ0v) is 42.0. The maximum absolute atomic E-state index is 13.2. The molecular weight excluding hydrogens is 767 g/mol. The molecule has 62 heavy (non-hydrogen) atoms. The summed E-state index contributed by atoms with van der Waals surface area (Å²) in [4.78, 5) is 26.2. The van der Waals surface area contributed by atoms with Crippen LogP contribution < -0.4 is 5.32 Å². The number of unbranched alkanes of at least 4 members (excludes halogenated alkanes) is 37. The average molecular weight is 876 g/mol. The molecule has 368 valence electrons. The minimum Gasteiger partial charge on any atom is -0.462 e. The Balaban J connectivity index is 4.54. The van der Waals surface area contributed by atoms with Gasteiger partial charge in [-0.3, -0.25) is 9.59 Å². The monoisotopic (exact) mass is 876 g/mol. The molecule has 6 nitrogen and oxygen atoms in total. The highest BCUT2D eigenvalue weighted by Gasteiger charge is 2.24. The van der Waals surface area contributed by atoms with Crippen molar-refractivity contribution in [1.29, 1.82) is 0 Å². The third-order valence-electron chi connectivity index (χ3n) is 13.1. The van der Waals surface area contributed by atoms with Crippen molar-refractivity contribution in [2.24, 2.45) is 0 Å². The van der Waals surface area contributed by atoms with Crippen LogP contribution in [0, 0.1) is 0 Å². The van der Waals surface area contributed by atoms with Crippen LogP contribution in [0.25, 0.3) is 0 Å². The van der Waals surface area contributed by atoms with Gasteiger partial charge in [0.25, 0.3) is 0 Å². The fourth-order valence-electron chi connectivity index (χ4n) is 8.84. The van der Waals surface area contributed by atoms with Crippen molar-refractivity contribution in [2.45, 2.75) is 328 Å². The lowest BCUT2D eigenvalue weighted by Crippen LogP contribution is -2.46. The summed E-state index contributed by atoms with van der Waals surface area (Å²) in [6, 6.07) is -0.698. The van der Waals surface area contributed by atoms with Crippen molar-refractivity contribution >= 4 is 11.9 Å². The fourth-order valence-corrected chi connectivity index (χ4v) is 8.84. The first-order valence-electron chi connectivity index (χ1n) is 27.9. The fraction of sp³-hybridized carbons (Fsp3) is 0.929. The number of carbonyl (C=O) groups is 2. The molecule has 0 radical (unpaired) electrons. The summed E-state index contributed by atoms with van der Waals surface area (Å²) in [6.45, 7) is 6.51. The van der Waals surface area contributed by atoms with Crippen LogP contribution in [-0.4, -0.2) is 46.9 Å². The van der Waals surface area contributed by atoms with E-state index in [9.17, 15) is 19.8 Å². The number of hydrogen-bond acceptors (Lipinski definition) is 5. The van der Waals surface area contributed by atoms with Gasteiger partial charge in [0.15, 0.2) is 0 Å². The summed E-state index contributed by atoms with van der Waals surface area (Å²) in [7, 11) is 0. The van der Waals surface area contributed by atoms with E-state index in [1.54, 1.807) is 0 Å². The number of nitrogens with one attached hydrogen (secondary N) is 1. The Hall–Kier alpha value is -1.40. The van der Waals surface area contributed by atoms with Gasteiger partial charge in [0.1, 0.15) is 6.10 Å². The molecule has 0 aliphatic heterocycles. The summed E-state index contributed by atoms with van der Waals surface area (Å²) in [5.41, 5.74) is 0. The van der Waals surface area contributed by atoms with E-state index in [0.29, 0.717) is 19.3 Å². The zero-order valence-electron chi connectivity index (χ0n) is 42.0. The molecule has 3 N–H and O–H groups in total. The molecule has 0 aromatic heterocycles. The first-order chi connectivity index (χ1) is 30.5. The van der Waals surface area contributed by atoms with E-state index in [2.05, 4.69) is 38.2 Å². The summed E-state index contributed by atoms with van der Waals surface area (Å²) in [5, 5.41) is 23.8. The predicted molar refractivity (Wildman–Crippen MR) is 269 cm³/mol. The quantitative estimate of drug-likeness (QED) is 0.0321. The predicted octanol–water partition coefficient (Wildman–Crippen LogP) is 16.9. The lowest BCUT2D eigenvalue weighted by atomic mass is 10.0. The van der Waals surface area contributed by atoms with Gasteiger partial charge in [-0.25, -0.2) is 0 Å². The Morgan fingerprint density at radius 2 is 0.774 bits per heavy atom. The molecule has 0 aliphatic rings. The molecular formula is C56H109NO5. The Bertz CT molecular complexity index is 939. The van der Waals surface area contributed by atoms with E-state index in [0.717, 1.165) is 51.4 Å². The number of allylic oxidation sites excluding steroid dienone is 2. The third-order valence-corrected chi connectivity index (χ3v) is 13.1. The van der Waals surface area contributed by atoms with Gasteiger partial charge >= 0.3 is 5.97 Å². The topological polar surface area (TPSA) is 95.9 Å². The largest absolute Gasteiger partial charge is 0.462 e. The van der Waals surface area contributed by atoms with Crippen molar-refractivity contribution in [2.75, 3.05) is 6.61 Å². The van der Waals surface area contributed by atoms with E-state index in [1.165, 1.54) is 212 Å². The summed E-state index contributed by atoms with van der Waals surface area (Å²) < 4.78 is 5.95. The van der Waals surface area contributed by atoms with Crippen LogP contribution in [0.15, 0.2) is 12.2 Å². The number of amides is 1. The van der Waals surface area contributed by atoms with E-state index >= 15 is 0 Å². The van der Waals surface area contributed by atoms with Crippen LogP contribution in [0.3, 0.4) is 0 Å². The standard InChI is InChI=1S/C56H109NO5/c1-4-7-10-13-16-19-22-25-27-28-30-32-35-38-41-44-47-52(62-56(61)49-46-43-40-37-34-31-26-23-20-17-14-11-8-5-2)50-55(60)57-53(51-58)54(59)48-45-42-39-36-33-29-24-21-18-15-12-9-6-3/h31,34,52-54,58-59H,4-30,32-33,35-51H2,1-3H3,(H,57,60)/b34-31-. The average Bonchev–Trinajstić information content (AvgIpc) is 3.26. The number of aliphatic hydroxyl groups is 2. The summed E-state index contributed by atoms with van der Waals surface area (Å²) >= 11 is 0. The van der Waals surface area contributed by atoms with E-state index in [1.807, 2.05) is 0 Å². The Morgan fingerprint density at radius 3 is 1.15 bits per heavy atom. The molecule has 0 rings (SSSR count). The maximum atomic E-state index is 13.2.